The predicted octanol–water partition coefficient (Wildman–Crippen LogP) is 2.39. The molecule has 0 saturated carbocycles. The molecule has 1 aliphatic carbocycles. The molecule has 1 amide bonds. The number of benzene rings is 1. The van der Waals surface area contributed by atoms with Gasteiger partial charge in [-0.25, -0.2) is 12.7 Å². The molecule has 1 atom stereocenters. The van der Waals surface area contributed by atoms with Crippen molar-refractivity contribution >= 4 is 33.0 Å². The third-order valence-electron chi connectivity index (χ3n) is 4.38. The highest BCUT2D eigenvalue weighted by molar-refractivity contribution is 7.89. The maximum absolute atomic E-state index is 12.7. The van der Waals surface area contributed by atoms with Crippen LogP contribution in [0.15, 0.2) is 34.5 Å². The normalized spacial score (nSPS) is 17.3. The zero-order valence-corrected chi connectivity index (χ0v) is 15.8. The molecule has 1 aromatic heterocycles. The number of rotatable bonds is 4. The molecule has 3 N–H and O–H groups in total. The summed E-state index contributed by atoms with van der Waals surface area (Å²) in [5.74, 6) is -0.356. The van der Waals surface area contributed by atoms with Crippen LogP contribution in [0.3, 0.4) is 0 Å². The Hall–Kier alpha value is -1.90. The second-order valence-corrected chi connectivity index (χ2v) is 9.31. The number of hydrogen-bond acceptors (Lipinski definition) is 5. The van der Waals surface area contributed by atoms with Gasteiger partial charge in [-0.2, -0.15) is 0 Å². The van der Waals surface area contributed by atoms with E-state index in [1.54, 1.807) is 5.38 Å². The highest BCUT2D eigenvalue weighted by Gasteiger charge is 2.28. The molecule has 8 heteroatoms. The maximum atomic E-state index is 12.7. The maximum Gasteiger partial charge on any atom is 0.263 e. The largest absolute Gasteiger partial charge is 0.399 e. The summed E-state index contributed by atoms with van der Waals surface area (Å²) in [6.45, 7) is 0. The Morgan fingerprint density at radius 1 is 1.32 bits per heavy atom. The van der Waals surface area contributed by atoms with Gasteiger partial charge in [0.05, 0.1) is 6.04 Å². The highest BCUT2D eigenvalue weighted by Crippen LogP contribution is 2.32. The third kappa shape index (κ3) is 3.42. The first-order valence-corrected chi connectivity index (χ1v) is 10.3. The number of hydrogen-bond donors (Lipinski definition) is 2. The summed E-state index contributed by atoms with van der Waals surface area (Å²) in [5.41, 5.74) is 8.76. The van der Waals surface area contributed by atoms with Crippen molar-refractivity contribution in [1.82, 2.24) is 9.62 Å². The van der Waals surface area contributed by atoms with Crippen LogP contribution in [0, 0.1) is 0 Å². The van der Waals surface area contributed by atoms with Gasteiger partial charge in [-0.3, -0.25) is 4.79 Å². The third-order valence-corrected chi connectivity index (χ3v) is 7.28. The Labute approximate surface area is 151 Å². The Balaban J connectivity index is 1.87. The van der Waals surface area contributed by atoms with Gasteiger partial charge in [0, 0.05) is 19.8 Å². The van der Waals surface area contributed by atoms with Crippen LogP contribution < -0.4 is 11.1 Å². The van der Waals surface area contributed by atoms with Gasteiger partial charge in [0.2, 0.25) is 10.0 Å². The van der Waals surface area contributed by atoms with Gasteiger partial charge < -0.3 is 11.1 Å². The quantitative estimate of drug-likeness (QED) is 0.798. The minimum Gasteiger partial charge on any atom is -0.399 e. The van der Waals surface area contributed by atoms with E-state index >= 15 is 0 Å². The Bertz CT molecular complexity index is 904. The summed E-state index contributed by atoms with van der Waals surface area (Å²) in [6.07, 6.45) is 2.71. The highest BCUT2D eigenvalue weighted by atomic mass is 32.2. The predicted molar refractivity (Wildman–Crippen MR) is 99.2 cm³/mol. The lowest BCUT2D eigenvalue weighted by Gasteiger charge is -2.26. The fourth-order valence-electron chi connectivity index (χ4n) is 3.07. The standard InChI is InChI=1S/C17H21N3O3S2/c1-20(2)25(22,23)15-8-9-24-16(15)17(21)19-14-5-3-4-11-10-12(18)6-7-13(11)14/h6-10,14H,3-5,18H2,1-2H3,(H,19,21). The molecule has 0 spiro atoms. The monoisotopic (exact) mass is 379 g/mol. The Morgan fingerprint density at radius 2 is 2.08 bits per heavy atom. The fraction of sp³-hybridized carbons (Fsp3) is 0.353. The first kappa shape index (κ1) is 17.9. The average Bonchev–Trinajstić information content (AvgIpc) is 3.05. The van der Waals surface area contributed by atoms with Crippen molar-refractivity contribution in [2.45, 2.75) is 30.2 Å². The number of nitrogens with zero attached hydrogens (tertiary/aromatic N) is 1. The van der Waals surface area contributed by atoms with Crippen molar-refractivity contribution in [2.24, 2.45) is 0 Å². The van der Waals surface area contributed by atoms with E-state index in [9.17, 15) is 13.2 Å². The summed E-state index contributed by atoms with van der Waals surface area (Å²) < 4.78 is 25.9. The van der Waals surface area contributed by atoms with Gasteiger partial charge >= 0.3 is 0 Å². The number of carbonyl (C=O) groups is 1. The summed E-state index contributed by atoms with van der Waals surface area (Å²) in [5, 5.41) is 4.62. The van der Waals surface area contributed by atoms with Gasteiger partial charge in [-0.05, 0) is 54.0 Å². The molecule has 0 bridgehead atoms. The number of amides is 1. The van der Waals surface area contributed by atoms with E-state index in [0.29, 0.717) is 5.69 Å². The molecule has 25 heavy (non-hydrogen) atoms. The van der Waals surface area contributed by atoms with Crippen LogP contribution in [0.25, 0.3) is 0 Å². The lowest BCUT2D eigenvalue weighted by molar-refractivity contribution is 0.0934. The molecule has 2 aromatic rings. The zero-order chi connectivity index (χ0) is 18.2. The van der Waals surface area contributed by atoms with Crippen molar-refractivity contribution in [3.05, 3.63) is 45.6 Å². The molecule has 0 fully saturated rings. The van der Waals surface area contributed by atoms with Crippen molar-refractivity contribution in [3.63, 3.8) is 0 Å². The van der Waals surface area contributed by atoms with Crippen LogP contribution in [0.2, 0.25) is 0 Å². The SMILES string of the molecule is CN(C)S(=O)(=O)c1ccsc1C(=O)NC1CCCc2cc(N)ccc21. The van der Waals surface area contributed by atoms with Crippen LogP contribution in [0.1, 0.15) is 39.7 Å². The van der Waals surface area contributed by atoms with Crippen molar-refractivity contribution < 1.29 is 13.2 Å². The summed E-state index contributed by atoms with van der Waals surface area (Å²) in [6, 6.07) is 7.07. The molecule has 0 saturated heterocycles. The van der Waals surface area contributed by atoms with Gasteiger partial charge in [-0.1, -0.05) is 6.07 Å². The van der Waals surface area contributed by atoms with E-state index in [1.807, 2.05) is 18.2 Å². The number of carbonyl (C=O) groups excluding carboxylic acids is 1. The van der Waals surface area contributed by atoms with E-state index in [0.717, 1.165) is 46.0 Å². The number of sulfonamides is 1. The summed E-state index contributed by atoms with van der Waals surface area (Å²) in [4.78, 5) is 13.0. The Morgan fingerprint density at radius 3 is 2.80 bits per heavy atom. The lowest BCUT2D eigenvalue weighted by atomic mass is 9.87. The number of nitrogen functional groups attached to an aromatic ring is 1. The molecule has 1 heterocycles. The minimum absolute atomic E-state index is 0.0494. The van der Waals surface area contributed by atoms with E-state index in [1.165, 1.54) is 20.2 Å². The molecule has 3 rings (SSSR count). The zero-order valence-electron chi connectivity index (χ0n) is 14.2. The molecule has 134 valence electrons. The summed E-state index contributed by atoms with van der Waals surface area (Å²) >= 11 is 1.14. The molecule has 0 radical (unpaired) electrons. The molecule has 0 aliphatic heterocycles. The molecule has 1 unspecified atom stereocenters. The van der Waals surface area contributed by atoms with E-state index < -0.39 is 10.0 Å². The Kier molecular flexibility index (Phi) is 4.86. The van der Waals surface area contributed by atoms with E-state index in [4.69, 9.17) is 5.73 Å². The number of nitrogens with one attached hydrogen (secondary N) is 1. The van der Waals surface area contributed by atoms with Crippen LogP contribution in [0.4, 0.5) is 5.69 Å². The number of anilines is 1. The van der Waals surface area contributed by atoms with E-state index in [-0.39, 0.29) is 21.7 Å². The van der Waals surface area contributed by atoms with Crippen molar-refractivity contribution in [3.8, 4) is 0 Å². The van der Waals surface area contributed by atoms with Gasteiger partial charge in [0.15, 0.2) is 0 Å². The van der Waals surface area contributed by atoms with Gasteiger partial charge in [-0.15, -0.1) is 11.3 Å². The average molecular weight is 380 g/mol. The first-order valence-electron chi connectivity index (χ1n) is 8.00. The van der Waals surface area contributed by atoms with Crippen molar-refractivity contribution in [2.75, 3.05) is 19.8 Å². The first-order chi connectivity index (χ1) is 11.8. The number of nitrogens with two attached hydrogens (primary N) is 1. The second-order valence-electron chi connectivity index (χ2n) is 6.28. The number of thiophene rings is 1. The molecule has 1 aliphatic rings. The molecule has 1 aromatic carbocycles. The fourth-order valence-corrected chi connectivity index (χ4v) is 5.27. The van der Waals surface area contributed by atoms with Crippen LogP contribution in [0.5, 0.6) is 0 Å². The number of fused-ring (bicyclic) bond motifs is 1. The lowest BCUT2D eigenvalue weighted by Crippen LogP contribution is -2.32. The summed E-state index contributed by atoms with van der Waals surface area (Å²) in [7, 11) is -0.740. The second kappa shape index (κ2) is 6.78. The van der Waals surface area contributed by atoms with Gasteiger partial charge in [0.1, 0.15) is 9.77 Å². The number of aryl methyl sites for hydroxylation is 1. The van der Waals surface area contributed by atoms with Crippen molar-refractivity contribution in [1.29, 1.82) is 0 Å². The van der Waals surface area contributed by atoms with E-state index in [2.05, 4.69) is 5.32 Å². The minimum atomic E-state index is -3.65. The van der Waals surface area contributed by atoms with Crippen LogP contribution >= 0.6 is 11.3 Å². The molecule has 6 nitrogen and oxygen atoms in total. The molecular formula is C17H21N3O3S2. The topological polar surface area (TPSA) is 92.5 Å². The smallest absolute Gasteiger partial charge is 0.263 e. The molecular weight excluding hydrogens is 358 g/mol. The van der Waals surface area contributed by atoms with Crippen LogP contribution in [-0.2, 0) is 16.4 Å². The van der Waals surface area contributed by atoms with Crippen LogP contribution in [-0.4, -0.2) is 32.7 Å². The van der Waals surface area contributed by atoms with Gasteiger partial charge in [0.25, 0.3) is 5.91 Å².